The molecule has 190 valence electrons. The van der Waals surface area contributed by atoms with E-state index in [2.05, 4.69) is 36.3 Å². The number of nitrogens with zero attached hydrogens (tertiary/aromatic N) is 4. The molecule has 2 fully saturated rings. The molecule has 2 amide bonds. The van der Waals surface area contributed by atoms with Crippen molar-refractivity contribution in [2.45, 2.75) is 69.6 Å². The number of fused-ring (bicyclic) bond motifs is 1. The van der Waals surface area contributed by atoms with Gasteiger partial charge in [-0.25, -0.2) is 14.5 Å². The number of anilines is 3. The summed E-state index contributed by atoms with van der Waals surface area (Å²) in [5.41, 5.74) is 7.52. The van der Waals surface area contributed by atoms with E-state index in [0.29, 0.717) is 23.2 Å². The van der Waals surface area contributed by atoms with Crippen molar-refractivity contribution in [3.8, 4) is 0 Å². The maximum Gasteiger partial charge on any atom is 0.276 e. The zero-order valence-electron chi connectivity index (χ0n) is 20.0. The van der Waals surface area contributed by atoms with Gasteiger partial charge in [0.1, 0.15) is 5.82 Å². The smallest absolute Gasteiger partial charge is 0.276 e. The van der Waals surface area contributed by atoms with E-state index in [0.717, 1.165) is 50.3 Å². The molecule has 0 spiro atoms. The lowest BCUT2D eigenvalue weighted by Gasteiger charge is -2.30. The van der Waals surface area contributed by atoms with Gasteiger partial charge in [0.05, 0.1) is 17.9 Å². The van der Waals surface area contributed by atoms with Gasteiger partial charge in [-0.05, 0) is 51.5 Å². The number of carbonyl (C=O) groups is 2. The summed E-state index contributed by atoms with van der Waals surface area (Å²) in [5.74, 6) is -0.649. The van der Waals surface area contributed by atoms with Crippen molar-refractivity contribution in [3.63, 3.8) is 0 Å². The number of carbonyl (C=O) groups excluding carboxylic acids is 2. The summed E-state index contributed by atoms with van der Waals surface area (Å²) in [4.78, 5) is 32.8. The summed E-state index contributed by atoms with van der Waals surface area (Å²) in [7, 11) is 0. The van der Waals surface area contributed by atoms with Crippen LogP contribution in [0.1, 0.15) is 55.9 Å². The van der Waals surface area contributed by atoms with Gasteiger partial charge in [0.25, 0.3) is 5.91 Å². The number of hydrogen-bond acceptors (Lipinski definition) is 8. The lowest BCUT2D eigenvalue weighted by Crippen LogP contribution is -2.46. The summed E-state index contributed by atoms with van der Waals surface area (Å²) >= 11 is 0. The van der Waals surface area contributed by atoms with Crippen molar-refractivity contribution in [2.24, 2.45) is 5.73 Å². The van der Waals surface area contributed by atoms with Crippen LogP contribution in [0, 0.1) is 5.95 Å². The zero-order chi connectivity index (χ0) is 25.2. The normalized spacial score (nSPS) is 20.5. The molecule has 0 aromatic carbocycles. The maximum atomic E-state index is 13.5. The highest BCUT2D eigenvalue weighted by Crippen LogP contribution is 2.30. The first-order chi connectivity index (χ1) is 17.4. The van der Waals surface area contributed by atoms with Crippen LogP contribution in [-0.2, 0) is 4.79 Å². The van der Waals surface area contributed by atoms with Crippen molar-refractivity contribution in [2.75, 3.05) is 16.0 Å². The lowest BCUT2D eigenvalue weighted by atomic mass is 9.91. The van der Waals surface area contributed by atoms with Gasteiger partial charge in [-0.3, -0.25) is 9.59 Å². The Balaban J connectivity index is 1.33. The highest BCUT2D eigenvalue weighted by molar-refractivity contribution is 6.03. The van der Waals surface area contributed by atoms with E-state index in [4.69, 9.17) is 5.73 Å². The van der Waals surface area contributed by atoms with E-state index >= 15 is 0 Å². The number of halogens is 1. The van der Waals surface area contributed by atoms with Gasteiger partial charge in [-0.15, -0.1) is 5.10 Å². The third kappa shape index (κ3) is 5.54. The quantitative estimate of drug-likeness (QED) is 0.299. The van der Waals surface area contributed by atoms with E-state index in [-0.39, 0.29) is 23.7 Å². The highest BCUT2D eigenvalue weighted by Gasteiger charge is 2.26. The number of nitrogens with one attached hydrogen (secondary N) is 4. The van der Waals surface area contributed by atoms with E-state index < -0.39 is 17.9 Å². The Hall–Kier alpha value is -3.80. The molecule has 3 aromatic rings. The monoisotopic (exact) mass is 495 g/mol. The van der Waals surface area contributed by atoms with Crippen LogP contribution in [0.4, 0.5) is 21.6 Å². The number of amides is 2. The molecular formula is C24H30FN9O2. The standard InChI is InChI=1S/C24H30FN9O2/c1-13(26)23(35)31-16-6-4-15(5-7-16)30-21-11-18(29-14-2-3-14)22-28-12-19(34(22)33-21)24(36)32-17-8-9-27-20(25)10-17/h8-16,29H,2-7,26H2,1H3,(H,30,33)(H,31,35)(H,27,32,36)/t13-,15?,16?/m1/s1. The van der Waals surface area contributed by atoms with Crippen molar-refractivity contribution in [1.82, 2.24) is 24.9 Å². The van der Waals surface area contributed by atoms with Gasteiger partial charge in [0.15, 0.2) is 11.3 Å². The predicted octanol–water partition coefficient (Wildman–Crippen LogP) is 2.28. The molecule has 6 N–H and O–H groups in total. The minimum absolute atomic E-state index is 0.117. The molecule has 0 saturated heterocycles. The number of pyridine rings is 1. The molecule has 3 aromatic heterocycles. The Kier molecular flexibility index (Phi) is 6.68. The molecule has 1 atom stereocenters. The van der Waals surface area contributed by atoms with Gasteiger partial charge in [-0.2, -0.15) is 4.39 Å². The van der Waals surface area contributed by atoms with Gasteiger partial charge in [-0.1, -0.05) is 0 Å². The van der Waals surface area contributed by atoms with Crippen molar-refractivity contribution in [1.29, 1.82) is 0 Å². The maximum absolute atomic E-state index is 13.5. The Morgan fingerprint density at radius 1 is 1.06 bits per heavy atom. The van der Waals surface area contributed by atoms with Gasteiger partial charge < -0.3 is 27.0 Å². The Labute approximate surface area is 207 Å². The fourth-order valence-electron chi connectivity index (χ4n) is 4.35. The van der Waals surface area contributed by atoms with Crippen LogP contribution in [0.15, 0.2) is 30.6 Å². The average molecular weight is 496 g/mol. The zero-order valence-corrected chi connectivity index (χ0v) is 20.0. The molecule has 12 heteroatoms. The Morgan fingerprint density at radius 2 is 1.75 bits per heavy atom. The fourth-order valence-corrected chi connectivity index (χ4v) is 4.35. The van der Waals surface area contributed by atoms with Crippen LogP contribution in [0.2, 0.25) is 0 Å². The minimum Gasteiger partial charge on any atom is -0.379 e. The second-order valence-electron chi connectivity index (χ2n) is 9.55. The van der Waals surface area contributed by atoms with E-state index in [9.17, 15) is 14.0 Å². The molecule has 2 aliphatic rings. The SMILES string of the molecule is C[C@@H](N)C(=O)NC1CCC(Nc2cc(NC3CC3)c3ncc(C(=O)Nc4ccnc(F)c4)n3n2)CC1. The highest BCUT2D eigenvalue weighted by atomic mass is 19.1. The summed E-state index contributed by atoms with van der Waals surface area (Å²) in [6.07, 6.45) is 8.31. The molecule has 0 bridgehead atoms. The Morgan fingerprint density at radius 3 is 2.44 bits per heavy atom. The molecule has 0 radical (unpaired) electrons. The summed E-state index contributed by atoms with van der Waals surface area (Å²) in [6.45, 7) is 1.68. The van der Waals surface area contributed by atoms with Gasteiger partial charge in [0, 0.05) is 42.1 Å². The number of hydrogen-bond donors (Lipinski definition) is 5. The second kappa shape index (κ2) is 10.1. The van der Waals surface area contributed by atoms with Crippen molar-refractivity contribution < 1.29 is 14.0 Å². The van der Waals surface area contributed by atoms with Crippen molar-refractivity contribution in [3.05, 3.63) is 42.2 Å². The van der Waals surface area contributed by atoms with Crippen LogP contribution in [-0.4, -0.2) is 55.6 Å². The molecule has 3 heterocycles. The number of nitrogens with two attached hydrogens (primary N) is 1. The first-order valence-electron chi connectivity index (χ1n) is 12.3. The van der Waals surface area contributed by atoms with Crippen LogP contribution >= 0.6 is 0 Å². The summed E-state index contributed by atoms with van der Waals surface area (Å²) in [5, 5.41) is 17.3. The largest absolute Gasteiger partial charge is 0.379 e. The second-order valence-corrected chi connectivity index (χ2v) is 9.55. The van der Waals surface area contributed by atoms with Gasteiger partial charge >= 0.3 is 0 Å². The Bertz CT molecular complexity index is 1270. The molecule has 0 unspecified atom stereocenters. The number of aromatic nitrogens is 4. The van der Waals surface area contributed by atoms with Crippen LogP contribution in [0.3, 0.4) is 0 Å². The molecule has 5 rings (SSSR count). The average Bonchev–Trinajstić information content (AvgIpc) is 3.55. The third-order valence-corrected chi connectivity index (χ3v) is 6.46. The first kappa shape index (κ1) is 23.9. The molecule has 2 aliphatic carbocycles. The molecule has 2 saturated carbocycles. The van der Waals surface area contributed by atoms with Crippen LogP contribution < -0.4 is 27.0 Å². The number of imidazole rings is 1. The van der Waals surface area contributed by atoms with Crippen molar-refractivity contribution >= 4 is 34.7 Å². The molecular weight excluding hydrogens is 465 g/mol. The molecule has 11 nitrogen and oxygen atoms in total. The number of rotatable bonds is 8. The predicted molar refractivity (Wildman–Crippen MR) is 133 cm³/mol. The summed E-state index contributed by atoms with van der Waals surface area (Å²) in [6, 6.07) is 4.73. The van der Waals surface area contributed by atoms with E-state index in [1.807, 2.05) is 6.07 Å². The summed E-state index contributed by atoms with van der Waals surface area (Å²) < 4.78 is 15.0. The topological polar surface area (TPSA) is 151 Å². The van der Waals surface area contributed by atoms with Crippen LogP contribution in [0.5, 0.6) is 0 Å². The first-order valence-corrected chi connectivity index (χ1v) is 12.3. The molecule has 0 aliphatic heterocycles. The van der Waals surface area contributed by atoms with Crippen LogP contribution in [0.25, 0.3) is 5.65 Å². The fraction of sp³-hybridized carbons (Fsp3) is 0.458. The van der Waals surface area contributed by atoms with E-state index in [1.165, 1.54) is 23.0 Å². The lowest BCUT2D eigenvalue weighted by molar-refractivity contribution is -0.122. The van der Waals surface area contributed by atoms with E-state index in [1.54, 1.807) is 6.92 Å². The minimum atomic E-state index is -0.682. The third-order valence-electron chi connectivity index (χ3n) is 6.46. The molecule has 36 heavy (non-hydrogen) atoms. The van der Waals surface area contributed by atoms with Gasteiger partial charge in [0.2, 0.25) is 11.9 Å².